The summed E-state index contributed by atoms with van der Waals surface area (Å²) < 4.78 is 25.8. The third kappa shape index (κ3) is 2.52. The second-order valence-corrected chi connectivity index (χ2v) is 7.09. The molecule has 1 unspecified atom stereocenters. The first-order valence-electron chi connectivity index (χ1n) is 5.67. The number of hydrogen-bond acceptors (Lipinski definition) is 3. The zero-order chi connectivity index (χ0) is 11.1. The molecule has 0 amide bonds. The monoisotopic (exact) mass is 233 g/mol. The van der Waals surface area contributed by atoms with Gasteiger partial charge in [-0.15, -0.1) is 0 Å². The predicted molar refractivity (Wildman–Crippen MR) is 57.9 cm³/mol. The van der Waals surface area contributed by atoms with Gasteiger partial charge in [0, 0.05) is 12.6 Å². The SMILES string of the molecule is CC(CO)S(=O)(=O)N(CC1CC1)C1CC1. The second kappa shape index (κ2) is 4.03. The van der Waals surface area contributed by atoms with Gasteiger partial charge in [-0.1, -0.05) is 0 Å². The molecule has 0 aromatic rings. The summed E-state index contributed by atoms with van der Waals surface area (Å²) in [5, 5.41) is 8.31. The Morgan fingerprint density at radius 3 is 2.33 bits per heavy atom. The largest absolute Gasteiger partial charge is 0.395 e. The summed E-state index contributed by atoms with van der Waals surface area (Å²) in [4.78, 5) is 0. The Hall–Kier alpha value is -0.130. The Kier molecular flexibility index (Phi) is 3.05. The summed E-state index contributed by atoms with van der Waals surface area (Å²) in [6.07, 6.45) is 4.30. The van der Waals surface area contributed by atoms with Crippen LogP contribution in [-0.4, -0.2) is 42.3 Å². The number of rotatable bonds is 6. The van der Waals surface area contributed by atoms with Gasteiger partial charge in [-0.25, -0.2) is 8.42 Å². The number of sulfonamides is 1. The van der Waals surface area contributed by atoms with Crippen LogP contribution in [0.5, 0.6) is 0 Å². The van der Waals surface area contributed by atoms with Gasteiger partial charge in [-0.05, 0) is 38.5 Å². The van der Waals surface area contributed by atoms with Crippen molar-refractivity contribution < 1.29 is 13.5 Å². The van der Waals surface area contributed by atoms with Gasteiger partial charge in [-0.3, -0.25) is 0 Å². The summed E-state index contributed by atoms with van der Waals surface area (Å²) in [6.45, 7) is 1.98. The van der Waals surface area contributed by atoms with Crippen LogP contribution in [-0.2, 0) is 10.0 Å². The van der Waals surface area contributed by atoms with Crippen LogP contribution in [0.25, 0.3) is 0 Å². The molecule has 88 valence electrons. The van der Waals surface area contributed by atoms with Crippen LogP contribution >= 0.6 is 0 Å². The molecule has 2 aliphatic rings. The summed E-state index contributed by atoms with van der Waals surface area (Å²) >= 11 is 0. The van der Waals surface area contributed by atoms with Crippen LogP contribution in [0.1, 0.15) is 32.6 Å². The average Bonchev–Trinajstić information content (AvgIpc) is 3.01. The van der Waals surface area contributed by atoms with Crippen molar-refractivity contribution >= 4 is 10.0 Å². The van der Waals surface area contributed by atoms with Gasteiger partial charge in [0.1, 0.15) is 0 Å². The number of hydrogen-bond donors (Lipinski definition) is 1. The van der Waals surface area contributed by atoms with Gasteiger partial charge in [0.15, 0.2) is 0 Å². The summed E-state index contributed by atoms with van der Waals surface area (Å²) in [5.74, 6) is 0.575. The molecule has 2 rings (SSSR count). The number of nitrogens with zero attached hydrogens (tertiary/aromatic N) is 1. The maximum Gasteiger partial charge on any atom is 0.219 e. The van der Waals surface area contributed by atoms with Gasteiger partial charge in [0.25, 0.3) is 0 Å². The third-order valence-electron chi connectivity index (χ3n) is 3.18. The molecule has 2 fully saturated rings. The molecule has 15 heavy (non-hydrogen) atoms. The van der Waals surface area contributed by atoms with E-state index in [9.17, 15) is 8.42 Å². The first-order chi connectivity index (χ1) is 7.05. The van der Waals surface area contributed by atoms with E-state index < -0.39 is 15.3 Å². The lowest BCUT2D eigenvalue weighted by Gasteiger charge is -2.24. The first-order valence-corrected chi connectivity index (χ1v) is 7.17. The van der Waals surface area contributed by atoms with E-state index in [0.717, 1.165) is 25.7 Å². The Morgan fingerprint density at radius 2 is 1.93 bits per heavy atom. The van der Waals surface area contributed by atoms with E-state index in [1.54, 1.807) is 11.2 Å². The minimum Gasteiger partial charge on any atom is -0.395 e. The Bertz CT molecular complexity index is 320. The maximum atomic E-state index is 12.1. The van der Waals surface area contributed by atoms with Crippen molar-refractivity contribution in [2.24, 2.45) is 5.92 Å². The molecule has 0 aromatic carbocycles. The van der Waals surface area contributed by atoms with Crippen molar-refractivity contribution in [3.8, 4) is 0 Å². The van der Waals surface area contributed by atoms with Crippen LogP contribution in [0.15, 0.2) is 0 Å². The lowest BCUT2D eigenvalue weighted by Crippen LogP contribution is -2.41. The molecule has 4 nitrogen and oxygen atoms in total. The third-order valence-corrected chi connectivity index (χ3v) is 5.45. The summed E-state index contributed by atoms with van der Waals surface area (Å²) in [7, 11) is -3.26. The Labute approximate surface area is 91.3 Å². The van der Waals surface area contributed by atoms with Crippen molar-refractivity contribution in [2.75, 3.05) is 13.2 Å². The fraction of sp³-hybridized carbons (Fsp3) is 1.00. The molecule has 1 atom stereocenters. The molecular formula is C10H19NO3S. The maximum absolute atomic E-state index is 12.1. The Morgan fingerprint density at radius 1 is 1.33 bits per heavy atom. The number of aliphatic hydroxyl groups is 1. The normalized spacial score (nSPS) is 24.5. The van der Waals surface area contributed by atoms with Crippen LogP contribution in [0.3, 0.4) is 0 Å². The highest BCUT2D eigenvalue weighted by molar-refractivity contribution is 7.89. The molecule has 0 heterocycles. The molecule has 1 N–H and O–H groups in total. The van der Waals surface area contributed by atoms with Crippen LogP contribution < -0.4 is 0 Å². The van der Waals surface area contributed by atoms with Crippen molar-refractivity contribution in [2.45, 2.75) is 43.9 Å². The van der Waals surface area contributed by atoms with Crippen LogP contribution in [0.2, 0.25) is 0 Å². The van der Waals surface area contributed by atoms with Crippen molar-refractivity contribution in [1.29, 1.82) is 0 Å². The highest BCUT2D eigenvalue weighted by Gasteiger charge is 2.42. The minimum atomic E-state index is -3.26. The number of aliphatic hydroxyl groups excluding tert-OH is 1. The zero-order valence-corrected chi connectivity index (χ0v) is 9.91. The molecule has 0 radical (unpaired) electrons. The van der Waals surface area contributed by atoms with Gasteiger partial charge in [-0.2, -0.15) is 4.31 Å². The van der Waals surface area contributed by atoms with E-state index >= 15 is 0 Å². The van der Waals surface area contributed by atoms with Gasteiger partial charge >= 0.3 is 0 Å². The molecule has 0 saturated heterocycles. The topological polar surface area (TPSA) is 57.6 Å². The molecule has 0 bridgehead atoms. The smallest absolute Gasteiger partial charge is 0.219 e. The predicted octanol–water partition coefficient (Wildman–Crippen LogP) is 0.571. The quantitative estimate of drug-likeness (QED) is 0.730. The zero-order valence-electron chi connectivity index (χ0n) is 9.09. The van der Waals surface area contributed by atoms with E-state index in [1.807, 2.05) is 0 Å². The summed E-state index contributed by atoms with van der Waals surface area (Å²) in [6, 6.07) is 0.226. The van der Waals surface area contributed by atoms with E-state index in [-0.39, 0.29) is 12.6 Å². The highest BCUT2D eigenvalue weighted by Crippen LogP contribution is 2.37. The van der Waals surface area contributed by atoms with Gasteiger partial charge < -0.3 is 5.11 Å². The molecule has 0 spiro atoms. The van der Waals surface area contributed by atoms with E-state index in [0.29, 0.717) is 12.5 Å². The van der Waals surface area contributed by atoms with Crippen LogP contribution in [0.4, 0.5) is 0 Å². The lowest BCUT2D eigenvalue weighted by molar-refractivity contribution is 0.286. The lowest BCUT2D eigenvalue weighted by atomic mass is 10.4. The standard InChI is InChI=1S/C10H19NO3S/c1-8(7-12)15(13,14)11(10-4-5-10)6-9-2-3-9/h8-10,12H,2-7H2,1H3. The second-order valence-electron chi connectivity index (χ2n) is 4.78. The molecule has 0 aliphatic heterocycles. The minimum absolute atomic E-state index is 0.226. The molecular weight excluding hydrogens is 214 g/mol. The van der Waals surface area contributed by atoms with E-state index in [4.69, 9.17) is 5.11 Å². The average molecular weight is 233 g/mol. The van der Waals surface area contributed by atoms with Gasteiger partial charge in [0.2, 0.25) is 10.0 Å². The van der Waals surface area contributed by atoms with Crippen molar-refractivity contribution in [3.63, 3.8) is 0 Å². The Balaban J connectivity index is 2.07. The van der Waals surface area contributed by atoms with Crippen LogP contribution in [0, 0.1) is 5.92 Å². The molecule has 2 aliphatic carbocycles. The fourth-order valence-electron chi connectivity index (χ4n) is 1.70. The highest BCUT2D eigenvalue weighted by atomic mass is 32.2. The van der Waals surface area contributed by atoms with Gasteiger partial charge in [0.05, 0.1) is 11.9 Å². The van der Waals surface area contributed by atoms with E-state index in [1.165, 1.54) is 0 Å². The fourth-order valence-corrected chi connectivity index (χ4v) is 3.40. The molecule has 5 heteroatoms. The molecule has 2 saturated carbocycles. The van der Waals surface area contributed by atoms with E-state index in [2.05, 4.69) is 0 Å². The molecule has 0 aromatic heterocycles. The van der Waals surface area contributed by atoms with Crippen molar-refractivity contribution in [3.05, 3.63) is 0 Å². The summed E-state index contributed by atoms with van der Waals surface area (Å²) in [5.41, 5.74) is 0. The van der Waals surface area contributed by atoms with Crippen molar-refractivity contribution in [1.82, 2.24) is 4.31 Å². The first kappa shape index (κ1) is 11.4.